The van der Waals surface area contributed by atoms with Gasteiger partial charge in [-0.25, -0.2) is 0 Å². The molecule has 7 heteroatoms. The van der Waals surface area contributed by atoms with Gasteiger partial charge in [0.05, 0.1) is 21.8 Å². The van der Waals surface area contributed by atoms with Crippen molar-refractivity contribution in [1.29, 1.82) is 0 Å². The lowest BCUT2D eigenvalue weighted by molar-refractivity contribution is 0.392. The van der Waals surface area contributed by atoms with Crippen LogP contribution in [0.2, 0.25) is 10.0 Å². The third-order valence-electron chi connectivity index (χ3n) is 3.87. The summed E-state index contributed by atoms with van der Waals surface area (Å²) in [5, 5.41) is 11.7. The van der Waals surface area contributed by atoms with Crippen molar-refractivity contribution < 1.29 is 4.52 Å². The lowest BCUT2D eigenvalue weighted by atomic mass is 10.1. The van der Waals surface area contributed by atoms with E-state index in [4.69, 9.17) is 27.7 Å². The lowest BCUT2D eigenvalue weighted by Gasteiger charge is -2.18. The second-order valence-electron chi connectivity index (χ2n) is 5.59. The first kappa shape index (κ1) is 18.6. The Labute approximate surface area is 152 Å². The molecular weight excluding hydrogens is 347 g/mol. The average molecular weight is 369 g/mol. The van der Waals surface area contributed by atoms with Gasteiger partial charge in [-0.1, -0.05) is 34.4 Å². The summed E-state index contributed by atoms with van der Waals surface area (Å²) in [6.45, 7) is 6.65. The van der Waals surface area contributed by atoms with Crippen molar-refractivity contribution in [3.05, 3.63) is 50.8 Å². The number of nitrogens with zero attached hydrogens (tertiary/aromatic N) is 2. The Bertz CT molecular complexity index is 708. The van der Waals surface area contributed by atoms with Crippen molar-refractivity contribution >= 4 is 29.2 Å². The van der Waals surface area contributed by atoms with Crippen LogP contribution in [0, 0.1) is 13.8 Å². The Kier molecular flexibility index (Phi) is 6.52. The van der Waals surface area contributed by atoms with Crippen molar-refractivity contribution in [2.45, 2.75) is 33.2 Å². The fourth-order valence-electron chi connectivity index (χ4n) is 2.43. The van der Waals surface area contributed by atoms with Gasteiger partial charge in [-0.05, 0) is 44.9 Å². The minimum Gasteiger partial charge on any atom is -0.361 e. The number of aryl methyl sites for hydroxylation is 2. The summed E-state index contributed by atoms with van der Waals surface area (Å²) in [5.74, 6) is 1.58. The SMILES string of the molecule is CN=C(NCCc1c(C)noc1C)NC(C)c1ccc(Cl)c(Cl)c1. The van der Waals surface area contributed by atoms with Gasteiger partial charge < -0.3 is 15.2 Å². The van der Waals surface area contributed by atoms with Crippen LogP contribution < -0.4 is 10.6 Å². The summed E-state index contributed by atoms with van der Waals surface area (Å²) in [6, 6.07) is 5.65. The Morgan fingerprint density at radius 2 is 2.04 bits per heavy atom. The number of aromatic nitrogens is 1. The maximum Gasteiger partial charge on any atom is 0.191 e. The largest absolute Gasteiger partial charge is 0.361 e. The van der Waals surface area contributed by atoms with Crippen molar-refractivity contribution in [2.75, 3.05) is 13.6 Å². The minimum atomic E-state index is 0.0463. The molecule has 1 aromatic heterocycles. The Hall–Kier alpha value is -1.72. The van der Waals surface area contributed by atoms with E-state index in [-0.39, 0.29) is 6.04 Å². The topological polar surface area (TPSA) is 62.5 Å². The van der Waals surface area contributed by atoms with E-state index in [0.717, 1.165) is 41.5 Å². The van der Waals surface area contributed by atoms with E-state index >= 15 is 0 Å². The van der Waals surface area contributed by atoms with E-state index in [1.807, 2.05) is 32.9 Å². The van der Waals surface area contributed by atoms with Crippen LogP contribution in [0.3, 0.4) is 0 Å². The quantitative estimate of drug-likeness (QED) is 0.616. The van der Waals surface area contributed by atoms with Gasteiger partial charge >= 0.3 is 0 Å². The molecule has 1 heterocycles. The van der Waals surface area contributed by atoms with E-state index in [9.17, 15) is 0 Å². The standard InChI is InChI=1S/C17H22Cl2N4O/c1-10(13-5-6-15(18)16(19)9-13)22-17(20-4)21-8-7-14-11(2)23-24-12(14)3/h5-6,9-10H,7-8H2,1-4H3,(H2,20,21,22). The number of aliphatic imine (C=N–C) groups is 1. The normalized spacial score (nSPS) is 13.0. The number of nitrogens with one attached hydrogen (secondary N) is 2. The molecule has 24 heavy (non-hydrogen) atoms. The molecule has 2 aromatic rings. The molecule has 0 radical (unpaired) electrons. The highest BCUT2D eigenvalue weighted by atomic mass is 35.5. The summed E-state index contributed by atoms with van der Waals surface area (Å²) in [5.41, 5.74) is 3.11. The Morgan fingerprint density at radius 1 is 1.29 bits per heavy atom. The summed E-state index contributed by atoms with van der Waals surface area (Å²) in [6.07, 6.45) is 0.822. The molecule has 130 valence electrons. The number of guanidine groups is 1. The van der Waals surface area contributed by atoms with Crippen LogP contribution in [0.25, 0.3) is 0 Å². The maximum atomic E-state index is 6.08. The number of hydrogen-bond donors (Lipinski definition) is 2. The van der Waals surface area contributed by atoms with Gasteiger partial charge in [-0.2, -0.15) is 0 Å². The van der Waals surface area contributed by atoms with Crippen molar-refractivity contribution in [1.82, 2.24) is 15.8 Å². The zero-order valence-electron chi connectivity index (χ0n) is 14.3. The summed E-state index contributed by atoms with van der Waals surface area (Å²) in [4.78, 5) is 4.25. The van der Waals surface area contributed by atoms with E-state index in [0.29, 0.717) is 10.0 Å². The second-order valence-corrected chi connectivity index (χ2v) is 6.41. The highest BCUT2D eigenvalue weighted by Gasteiger charge is 2.11. The fourth-order valence-corrected chi connectivity index (χ4v) is 2.74. The van der Waals surface area contributed by atoms with Gasteiger partial charge in [-0.15, -0.1) is 0 Å². The molecule has 0 bridgehead atoms. The minimum absolute atomic E-state index is 0.0463. The van der Waals surface area contributed by atoms with Gasteiger partial charge in [0.15, 0.2) is 5.96 Å². The lowest BCUT2D eigenvalue weighted by Crippen LogP contribution is -2.39. The molecule has 1 unspecified atom stereocenters. The zero-order valence-corrected chi connectivity index (χ0v) is 15.8. The van der Waals surface area contributed by atoms with Crippen molar-refractivity contribution in [2.24, 2.45) is 4.99 Å². The predicted molar refractivity (Wildman–Crippen MR) is 99.1 cm³/mol. The molecule has 5 nitrogen and oxygen atoms in total. The Morgan fingerprint density at radius 3 is 2.62 bits per heavy atom. The first-order valence-electron chi connectivity index (χ1n) is 7.76. The molecular formula is C17H22Cl2N4O. The highest BCUT2D eigenvalue weighted by molar-refractivity contribution is 6.42. The van der Waals surface area contributed by atoms with Gasteiger partial charge in [0.2, 0.25) is 0 Å². The van der Waals surface area contributed by atoms with Crippen LogP contribution >= 0.6 is 23.2 Å². The van der Waals surface area contributed by atoms with Gasteiger partial charge in [-0.3, -0.25) is 4.99 Å². The number of halogens is 2. The maximum absolute atomic E-state index is 6.08. The molecule has 0 saturated carbocycles. The molecule has 1 aromatic carbocycles. The smallest absolute Gasteiger partial charge is 0.191 e. The summed E-state index contributed by atoms with van der Waals surface area (Å²) in [7, 11) is 1.74. The van der Waals surface area contributed by atoms with Gasteiger partial charge in [0.1, 0.15) is 5.76 Å². The molecule has 0 aliphatic carbocycles. The van der Waals surface area contributed by atoms with Crippen LogP contribution in [-0.4, -0.2) is 24.7 Å². The predicted octanol–water partition coefficient (Wildman–Crippen LogP) is 4.07. The molecule has 2 N–H and O–H groups in total. The zero-order chi connectivity index (χ0) is 17.7. The van der Waals surface area contributed by atoms with E-state index in [1.165, 1.54) is 0 Å². The molecule has 2 rings (SSSR count). The van der Waals surface area contributed by atoms with E-state index in [1.54, 1.807) is 13.1 Å². The number of hydrogen-bond acceptors (Lipinski definition) is 3. The highest BCUT2D eigenvalue weighted by Crippen LogP contribution is 2.25. The van der Waals surface area contributed by atoms with Crippen molar-refractivity contribution in [3.63, 3.8) is 0 Å². The monoisotopic (exact) mass is 368 g/mol. The van der Waals surface area contributed by atoms with Gasteiger partial charge in [0.25, 0.3) is 0 Å². The number of rotatable bonds is 5. The molecule has 0 aliphatic rings. The van der Waals surface area contributed by atoms with E-state index in [2.05, 4.69) is 20.8 Å². The molecule has 1 atom stereocenters. The summed E-state index contributed by atoms with van der Waals surface area (Å²) < 4.78 is 5.18. The Balaban J connectivity index is 1.91. The first-order valence-corrected chi connectivity index (χ1v) is 8.51. The summed E-state index contributed by atoms with van der Waals surface area (Å²) >= 11 is 12.0. The van der Waals surface area contributed by atoms with Crippen LogP contribution in [-0.2, 0) is 6.42 Å². The fraction of sp³-hybridized carbons (Fsp3) is 0.412. The third-order valence-corrected chi connectivity index (χ3v) is 4.61. The van der Waals surface area contributed by atoms with Crippen LogP contribution in [0.5, 0.6) is 0 Å². The molecule has 0 aliphatic heterocycles. The molecule has 0 saturated heterocycles. The average Bonchev–Trinajstić information content (AvgIpc) is 2.88. The van der Waals surface area contributed by atoms with Crippen molar-refractivity contribution in [3.8, 4) is 0 Å². The van der Waals surface area contributed by atoms with Crippen LogP contribution in [0.15, 0.2) is 27.7 Å². The second kappa shape index (κ2) is 8.40. The number of benzene rings is 1. The van der Waals surface area contributed by atoms with Gasteiger partial charge in [0, 0.05) is 19.2 Å². The van der Waals surface area contributed by atoms with Crippen LogP contribution in [0.4, 0.5) is 0 Å². The van der Waals surface area contributed by atoms with Crippen LogP contribution in [0.1, 0.15) is 35.5 Å². The molecule has 0 amide bonds. The molecule has 0 spiro atoms. The third kappa shape index (κ3) is 4.65. The first-order chi connectivity index (χ1) is 11.4. The van der Waals surface area contributed by atoms with E-state index < -0.39 is 0 Å². The molecule has 0 fully saturated rings.